The minimum atomic E-state index is -0.644. The van der Waals surface area contributed by atoms with Crippen molar-refractivity contribution in [1.29, 1.82) is 0 Å². The Hall–Kier alpha value is -7.51. The van der Waals surface area contributed by atoms with Crippen LogP contribution in [0.4, 0.5) is 38.0 Å². The lowest BCUT2D eigenvalue weighted by atomic mass is 9.90. The first-order valence-corrected chi connectivity index (χ1v) is 23.7. The molecule has 3 aliphatic rings. The number of benzene rings is 4. The zero-order valence-electron chi connectivity index (χ0n) is 40.0. The molecule has 8 amide bonds. The van der Waals surface area contributed by atoms with E-state index in [1.165, 1.54) is 4.90 Å². The summed E-state index contributed by atoms with van der Waals surface area (Å²) in [5.41, 5.74) is 9.60. The first kappa shape index (κ1) is 50.4. The van der Waals surface area contributed by atoms with Crippen LogP contribution < -0.4 is 41.5 Å². The molecule has 4 aromatic rings. The number of urea groups is 1. The molecule has 4 atom stereocenters. The molecular weight excluding hydrogens is 897 g/mol. The van der Waals surface area contributed by atoms with Gasteiger partial charge in [-0.05, 0) is 111 Å². The molecule has 0 saturated carbocycles. The highest BCUT2D eigenvalue weighted by Gasteiger charge is 2.39. The van der Waals surface area contributed by atoms with Crippen LogP contribution in [-0.2, 0) is 35.3 Å². The fourth-order valence-electron chi connectivity index (χ4n) is 9.09. The van der Waals surface area contributed by atoms with E-state index in [1.807, 2.05) is 45.0 Å². The van der Waals surface area contributed by atoms with E-state index in [1.54, 1.807) is 94.5 Å². The number of carbonyl (C=O) groups excluding carboxylic acids is 7. The third-order valence-corrected chi connectivity index (χ3v) is 12.9. The molecule has 0 radical (unpaired) electrons. The van der Waals surface area contributed by atoms with Gasteiger partial charge in [0, 0.05) is 74.1 Å². The van der Waals surface area contributed by atoms with Crippen LogP contribution >= 0.6 is 0 Å². The molecule has 0 aliphatic carbocycles. The minimum Gasteiger partial charge on any atom is -0.492 e. The fraction of sp³-hybridized carbons (Fsp3) is 0.392. The average molecular weight is 959 g/mol. The lowest BCUT2D eigenvalue weighted by molar-refractivity contribution is -0.139. The van der Waals surface area contributed by atoms with Gasteiger partial charge in [0.25, 0.3) is 0 Å². The van der Waals surface area contributed by atoms with Crippen molar-refractivity contribution >= 4 is 70.1 Å². The van der Waals surface area contributed by atoms with Gasteiger partial charge in [0.05, 0.1) is 25.2 Å². The van der Waals surface area contributed by atoms with Gasteiger partial charge in [0.15, 0.2) is 0 Å². The molecule has 0 spiro atoms. The SMILES string of the molecule is CCC(=O)N1c2ccccc2[C@H](N(C(=O)OCc2ccc(NC(=O)[C@@H]3CCCN3C(=O)CN)cc2)c2ccc(NC(=O)CNC(=O)Nc3ccc(OCCN4CCN(C)C(=O)[C@H]4C)cc3)cc2)C[C@@H]1C. The van der Waals surface area contributed by atoms with E-state index in [0.29, 0.717) is 91.7 Å². The van der Waals surface area contributed by atoms with Gasteiger partial charge in [0.2, 0.25) is 29.5 Å². The third-order valence-electron chi connectivity index (χ3n) is 12.9. The second-order valence-corrected chi connectivity index (χ2v) is 17.6. The molecule has 3 aliphatic heterocycles. The zero-order valence-corrected chi connectivity index (χ0v) is 40.0. The van der Waals surface area contributed by atoms with Crippen LogP contribution in [-0.4, -0.2) is 127 Å². The molecule has 19 nitrogen and oxygen atoms in total. The number of nitrogens with zero attached hydrogens (tertiary/aromatic N) is 5. The quantitative estimate of drug-likeness (QED) is 0.0969. The second-order valence-electron chi connectivity index (χ2n) is 17.6. The Morgan fingerprint density at radius 2 is 1.47 bits per heavy atom. The summed E-state index contributed by atoms with van der Waals surface area (Å²) in [5.74, 6) is -0.384. The fourth-order valence-corrected chi connectivity index (χ4v) is 9.09. The van der Waals surface area contributed by atoms with E-state index in [9.17, 15) is 33.6 Å². The maximum absolute atomic E-state index is 14.3. The van der Waals surface area contributed by atoms with Crippen molar-refractivity contribution in [1.82, 2.24) is 20.0 Å². The van der Waals surface area contributed by atoms with Crippen molar-refractivity contribution in [2.24, 2.45) is 5.73 Å². The van der Waals surface area contributed by atoms with Gasteiger partial charge in [-0.25, -0.2) is 9.59 Å². The molecular formula is C51H62N10O9. The molecule has 4 aromatic carbocycles. The largest absolute Gasteiger partial charge is 0.492 e. The van der Waals surface area contributed by atoms with Crippen LogP contribution in [0.3, 0.4) is 0 Å². The number of hydrogen-bond donors (Lipinski definition) is 5. The number of nitrogens with two attached hydrogens (primary N) is 1. The molecule has 6 N–H and O–H groups in total. The number of likely N-dealkylation sites (tertiary alicyclic amines) is 1. The first-order valence-electron chi connectivity index (χ1n) is 23.7. The third kappa shape index (κ3) is 12.2. The average Bonchev–Trinajstić information content (AvgIpc) is 3.87. The number of hydrogen-bond acceptors (Lipinski definition) is 11. The molecule has 0 bridgehead atoms. The number of likely N-dealkylation sites (N-methyl/N-ethyl adjacent to an activating group) is 1. The van der Waals surface area contributed by atoms with Gasteiger partial charge in [-0.3, -0.25) is 33.8 Å². The summed E-state index contributed by atoms with van der Waals surface area (Å²) >= 11 is 0. The molecule has 2 saturated heterocycles. The Morgan fingerprint density at radius 1 is 0.800 bits per heavy atom. The molecule has 370 valence electrons. The number of anilines is 5. The standard InChI is InChI=1S/C51H62N10O9/c1-5-46(63)60-33(2)29-44(41-9-6-7-10-42(41)60)61(51(68)70-32-35-12-14-37(15-13-35)55-48(65)43-11-8-24-59(43)47(64)30-52)39-20-16-36(17-21-39)54-45(62)31-53-50(67)56-38-18-22-40(23-19-38)69-28-27-58-26-25-57(4)49(66)34(58)3/h6-7,9-10,12-23,33-34,43-44H,5,8,11,24-32,52H2,1-4H3,(H,54,62)(H,55,65)(H2,53,56,67)/t33-,34+,43-,44+/m0/s1. The molecule has 7 rings (SSSR count). The van der Waals surface area contributed by atoms with E-state index in [0.717, 1.165) is 12.1 Å². The Kier molecular flexibility index (Phi) is 16.7. The number of rotatable bonds is 16. The molecule has 3 heterocycles. The van der Waals surface area contributed by atoms with Crippen LogP contribution in [0.2, 0.25) is 0 Å². The lowest BCUT2D eigenvalue weighted by Crippen LogP contribution is -2.55. The Morgan fingerprint density at radius 3 is 2.19 bits per heavy atom. The normalized spacial score (nSPS) is 18.9. The predicted octanol–water partition coefficient (Wildman–Crippen LogP) is 5.30. The number of nitrogens with one attached hydrogen (secondary N) is 4. The highest BCUT2D eigenvalue weighted by Crippen LogP contribution is 2.43. The zero-order chi connectivity index (χ0) is 49.9. The number of fused-ring (bicyclic) bond motifs is 1. The topological polar surface area (TPSA) is 228 Å². The first-order chi connectivity index (χ1) is 33.7. The maximum Gasteiger partial charge on any atom is 0.415 e. The summed E-state index contributed by atoms with van der Waals surface area (Å²) < 4.78 is 11.8. The van der Waals surface area contributed by atoms with Crippen LogP contribution in [0.1, 0.15) is 63.6 Å². The molecule has 0 aromatic heterocycles. The second kappa shape index (κ2) is 23.2. The summed E-state index contributed by atoms with van der Waals surface area (Å²) in [6.45, 7) is 8.01. The lowest BCUT2D eigenvalue weighted by Gasteiger charge is -2.43. The van der Waals surface area contributed by atoms with E-state index in [-0.39, 0.29) is 55.4 Å². The Labute approximate surface area is 407 Å². The molecule has 2 fully saturated rings. The Balaban J connectivity index is 0.957. The number of carbonyl (C=O) groups is 7. The van der Waals surface area contributed by atoms with Gasteiger partial charge in [-0.2, -0.15) is 0 Å². The van der Waals surface area contributed by atoms with Gasteiger partial charge in [-0.15, -0.1) is 0 Å². The van der Waals surface area contributed by atoms with Gasteiger partial charge < -0.3 is 51.2 Å². The predicted molar refractivity (Wildman–Crippen MR) is 265 cm³/mol. The smallest absolute Gasteiger partial charge is 0.415 e. The van der Waals surface area contributed by atoms with Gasteiger partial charge >= 0.3 is 12.1 Å². The summed E-state index contributed by atoms with van der Waals surface area (Å²) in [7, 11) is 1.81. The monoisotopic (exact) mass is 958 g/mol. The van der Waals surface area contributed by atoms with E-state index < -0.39 is 30.1 Å². The summed E-state index contributed by atoms with van der Waals surface area (Å²) in [6.07, 6.45) is 1.34. The molecule has 0 unspecified atom stereocenters. The van der Waals surface area contributed by atoms with Crippen molar-refractivity contribution in [3.8, 4) is 5.75 Å². The van der Waals surface area contributed by atoms with Crippen LogP contribution in [0.15, 0.2) is 97.1 Å². The van der Waals surface area contributed by atoms with Crippen molar-refractivity contribution < 1.29 is 43.0 Å². The van der Waals surface area contributed by atoms with Crippen molar-refractivity contribution in [2.75, 3.05) is 78.7 Å². The summed E-state index contributed by atoms with van der Waals surface area (Å²) in [4.78, 5) is 99.5. The van der Waals surface area contributed by atoms with E-state index in [4.69, 9.17) is 15.2 Å². The van der Waals surface area contributed by atoms with Gasteiger partial charge in [0.1, 0.15) is 25.0 Å². The van der Waals surface area contributed by atoms with Crippen molar-refractivity contribution in [3.05, 3.63) is 108 Å². The number of ether oxygens (including phenoxy) is 2. The van der Waals surface area contributed by atoms with Crippen LogP contribution in [0.25, 0.3) is 0 Å². The van der Waals surface area contributed by atoms with E-state index >= 15 is 0 Å². The highest BCUT2D eigenvalue weighted by atomic mass is 16.6. The minimum absolute atomic E-state index is 0.0350. The highest BCUT2D eigenvalue weighted by molar-refractivity contribution is 5.99. The van der Waals surface area contributed by atoms with Gasteiger partial charge in [-0.1, -0.05) is 37.3 Å². The molecule has 70 heavy (non-hydrogen) atoms. The van der Waals surface area contributed by atoms with Crippen LogP contribution in [0, 0.1) is 0 Å². The maximum atomic E-state index is 14.3. The van der Waals surface area contributed by atoms with Crippen molar-refractivity contribution in [3.63, 3.8) is 0 Å². The number of amides is 8. The number of piperazine rings is 1. The van der Waals surface area contributed by atoms with Crippen molar-refractivity contribution in [2.45, 2.75) is 77.2 Å². The van der Waals surface area contributed by atoms with E-state index in [2.05, 4.69) is 26.2 Å². The summed E-state index contributed by atoms with van der Waals surface area (Å²) in [6, 6.07) is 25.7. The number of para-hydroxylation sites is 1. The summed E-state index contributed by atoms with van der Waals surface area (Å²) in [5, 5.41) is 10.9. The Bertz CT molecular complexity index is 2520. The molecule has 19 heteroatoms. The van der Waals surface area contributed by atoms with Crippen LogP contribution in [0.5, 0.6) is 5.75 Å².